The van der Waals surface area contributed by atoms with Gasteiger partial charge in [0.25, 0.3) is 0 Å². The number of rotatable bonds is 4. The molecule has 0 atom stereocenters. The maximum Gasteiger partial charge on any atom is 0.343 e. The van der Waals surface area contributed by atoms with Gasteiger partial charge >= 0.3 is 5.69 Å². The number of nitrogen functional groups attached to an aromatic ring is 1. The van der Waals surface area contributed by atoms with Crippen molar-refractivity contribution in [2.24, 2.45) is 7.05 Å². The smallest absolute Gasteiger partial charge is 0.343 e. The van der Waals surface area contributed by atoms with Crippen molar-refractivity contribution in [2.75, 3.05) is 16.8 Å². The molecule has 1 amide bonds. The Morgan fingerprint density at radius 3 is 2.74 bits per heavy atom. The first-order valence-corrected chi connectivity index (χ1v) is 6.44. The first-order chi connectivity index (χ1) is 9.06. The van der Waals surface area contributed by atoms with Crippen molar-refractivity contribution in [2.45, 2.75) is 5.16 Å². The van der Waals surface area contributed by atoms with Crippen LogP contribution < -0.4 is 16.7 Å². The summed E-state index contributed by atoms with van der Waals surface area (Å²) in [4.78, 5) is 22.8. The van der Waals surface area contributed by atoms with E-state index in [2.05, 4.69) is 15.5 Å². The lowest BCUT2D eigenvalue weighted by atomic mass is 10.3. The van der Waals surface area contributed by atoms with E-state index in [4.69, 9.17) is 5.73 Å². The van der Waals surface area contributed by atoms with Crippen LogP contribution in [0.15, 0.2) is 34.2 Å². The molecule has 0 spiro atoms. The van der Waals surface area contributed by atoms with Gasteiger partial charge in [-0.2, -0.15) is 0 Å². The van der Waals surface area contributed by atoms with Crippen molar-refractivity contribution in [3.8, 4) is 0 Å². The first kappa shape index (κ1) is 13.2. The summed E-state index contributed by atoms with van der Waals surface area (Å²) in [6.07, 6.45) is 0. The van der Waals surface area contributed by atoms with Crippen LogP contribution in [0.5, 0.6) is 0 Å². The normalized spacial score (nSPS) is 10.4. The minimum atomic E-state index is -0.304. The predicted molar refractivity (Wildman–Crippen MR) is 74.0 cm³/mol. The highest BCUT2D eigenvalue weighted by atomic mass is 32.2. The summed E-state index contributed by atoms with van der Waals surface area (Å²) in [5.74, 6) is -0.00657. The lowest BCUT2D eigenvalue weighted by Crippen LogP contribution is -2.16. The van der Waals surface area contributed by atoms with Crippen LogP contribution in [0.25, 0.3) is 0 Å². The van der Waals surface area contributed by atoms with Crippen LogP contribution in [0, 0.1) is 0 Å². The van der Waals surface area contributed by atoms with E-state index in [9.17, 15) is 9.59 Å². The Morgan fingerprint density at radius 1 is 1.47 bits per heavy atom. The number of aromatic nitrogens is 3. The number of H-pyrrole nitrogens is 1. The zero-order chi connectivity index (χ0) is 13.8. The molecule has 8 heteroatoms. The Hall–Kier alpha value is -2.22. The van der Waals surface area contributed by atoms with E-state index < -0.39 is 0 Å². The van der Waals surface area contributed by atoms with Crippen molar-refractivity contribution < 1.29 is 4.79 Å². The minimum absolute atomic E-state index is 0.169. The summed E-state index contributed by atoms with van der Waals surface area (Å²) in [7, 11) is 1.59. The summed E-state index contributed by atoms with van der Waals surface area (Å²) in [5.41, 5.74) is 6.56. The van der Waals surface area contributed by atoms with E-state index in [0.29, 0.717) is 16.5 Å². The monoisotopic (exact) mass is 279 g/mol. The highest BCUT2D eigenvalue weighted by Crippen LogP contribution is 2.14. The molecular weight excluding hydrogens is 266 g/mol. The zero-order valence-electron chi connectivity index (χ0n) is 10.2. The van der Waals surface area contributed by atoms with E-state index >= 15 is 0 Å². The molecule has 4 N–H and O–H groups in total. The fourth-order valence-corrected chi connectivity index (χ4v) is 2.07. The van der Waals surface area contributed by atoms with Crippen molar-refractivity contribution in [1.82, 2.24) is 14.8 Å². The molecule has 0 fully saturated rings. The molecule has 0 bridgehead atoms. The molecule has 100 valence electrons. The molecule has 0 aliphatic carbocycles. The van der Waals surface area contributed by atoms with Gasteiger partial charge in [-0.25, -0.2) is 9.89 Å². The molecule has 2 aromatic rings. The maximum absolute atomic E-state index is 11.7. The van der Waals surface area contributed by atoms with Gasteiger partial charge in [-0.05, 0) is 24.3 Å². The fourth-order valence-electron chi connectivity index (χ4n) is 1.36. The van der Waals surface area contributed by atoms with Crippen LogP contribution in [0.1, 0.15) is 0 Å². The van der Waals surface area contributed by atoms with E-state index in [1.165, 1.54) is 16.3 Å². The quantitative estimate of drug-likeness (QED) is 0.555. The van der Waals surface area contributed by atoms with Crippen LogP contribution in [-0.4, -0.2) is 26.4 Å². The largest absolute Gasteiger partial charge is 0.399 e. The van der Waals surface area contributed by atoms with Crippen LogP contribution in [0.2, 0.25) is 0 Å². The van der Waals surface area contributed by atoms with Gasteiger partial charge in [0.2, 0.25) is 5.91 Å². The molecule has 0 saturated heterocycles. The molecular formula is C11H13N5O2S. The predicted octanol–water partition coefficient (Wildman–Crippen LogP) is 0.421. The average Bonchev–Trinajstić information content (AvgIpc) is 2.70. The molecule has 2 rings (SSSR count). The molecule has 1 heterocycles. The first-order valence-electron chi connectivity index (χ1n) is 5.46. The summed E-state index contributed by atoms with van der Waals surface area (Å²) < 4.78 is 1.35. The second-order valence-corrected chi connectivity index (χ2v) is 4.77. The van der Waals surface area contributed by atoms with Crippen LogP contribution in [0.3, 0.4) is 0 Å². The Morgan fingerprint density at radius 2 is 2.16 bits per heavy atom. The number of hydrogen-bond donors (Lipinski definition) is 3. The van der Waals surface area contributed by atoms with Gasteiger partial charge in [-0.3, -0.25) is 9.36 Å². The molecule has 0 aliphatic heterocycles. The summed E-state index contributed by atoms with van der Waals surface area (Å²) in [5, 5.41) is 9.30. The Bertz CT molecular complexity index is 631. The number of anilines is 2. The molecule has 1 aromatic heterocycles. The van der Waals surface area contributed by atoms with Gasteiger partial charge in [-0.1, -0.05) is 11.8 Å². The lowest BCUT2D eigenvalue weighted by Gasteiger charge is -2.04. The molecule has 19 heavy (non-hydrogen) atoms. The second-order valence-electron chi connectivity index (χ2n) is 3.83. The Balaban J connectivity index is 1.90. The number of amides is 1. The third kappa shape index (κ3) is 3.38. The standard InChI is InChI=1S/C11H13N5O2S/c1-16-10(18)14-15-11(16)19-6-9(17)13-8-4-2-7(12)3-5-8/h2-5H,6,12H2,1H3,(H,13,17)(H,14,18). The third-order valence-electron chi connectivity index (χ3n) is 2.37. The molecule has 0 radical (unpaired) electrons. The Kier molecular flexibility index (Phi) is 3.91. The SMILES string of the molecule is Cn1c(SCC(=O)Nc2ccc(N)cc2)n[nH]c1=O. The molecule has 1 aromatic carbocycles. The highest BCUT2D eigenvalue weighted by Gasteiger charge is 2.08. The molecule has 0 unspecified atom stereocenters. The van der Waals surface area contributed by atoms with E-state index in [0.717, 1.165) is 0 Å². The van der Waals surface area contributed by atoms with Crippen LogP contribution >= 0.6 is 11.8 Å². The fraction of sp³-hybridized carbons (Fsp3) is 0.182. The Labute approximate surface area is 113 Å². The number of carbonyl (C=O) groups excluding carboxylic acids is 1. The summed E-state index contributed by atoms with van der Waals surface area (Å²) >= 11 is 1.18. The second kappa shape index (κ2) is 5.61. The molecule has 0 saturated carbocycles. The summed E-state index contributed by atoms with van der Waals surface area (Å²) in [6, 6.07) is 6.87. The van der Waals surface area contributed by atoms with Gasteiger partial charge in [0.05, 0.1) is 5.75 Å². The summed E-state index contributed by atoms with van der Waals surface area (Å²) in [6.45, 7) is 0. The average molecular weight is 279 g/mol. The van der Waals surface area contributed by atoms with Crippen molar-refractivity contribution >= 4 is 29.0 Å². The van der Waals surface area contributed by atoms with Crippen molar-refractivity contribution in [3.05, 3.63) is 34.7 Å². The molecule has 7 nitrogen and oxygen atoms in total. The topological polar surface area (TPSA) is 106 Å². The van der Waals surface area contributed by atoms with E-state index in [1.54, 1.807) is 31.3 Å². The number of nitrogens with one attached hydrogen (secondary N) is 2. The number of nitrogens with two attached hydrogens (primary N) is 1. The van der Waals surface area contributed by atoms with Crippen molar-refractivity contribution in [3.63, 3.8) is 0 Å². The highest BCUT2D eigenvalue weighted by molar-refractivity contribution is 7.99. The van der Waals surface area contributed by atoms with Crippen molar-refractivity contribution in [1.29, 1.82) is 0 Å². The number of thioether (sulfide) groups is 1. The maximum atomic E-state index is 11.7. The van der Waals surface area contributed by atoms with E-state index in [-0.39, 0.29) is 17.3 Å². The number of aromatic amines is 1. The number of benzene rings is 1. The lowest BCUT2D eigenvalue weighted by molar-refractivity contribution is -0.113. The van der Waals surface area contributed by atoms with Gasteiger partial charge in [0.1, 0.15) is 0 Å². The minimum Gasteiger partial charge on any atom is -0.399 e. The zero-order valence-corrected chi connectivity index (χ0v) is 11.0. The number of hydrogen-bond acceptors (Lipinski definition) is 5. The van der Waals surface area contributed by atoms with Gasteiger partial charge in [-0.15, -0.1) is 5.10 Å². The van der Waals surface area contributed by atoms with Crippen LogP contribution in [0.4, 0.5) is 11.4 Å². The van der Waals surface area contributed by atoms with Gasteiger partial charge < -0.3 is 11.1 Å². The number of carbonyl (C=O) groups is 1. The van der Waals surface area contributed by atoms with E-state index in [1.807, 2.05) is 0 Å². The third-order valence-corrected chi connectivity index (χ3v) is 3.40. The van der Waals surface area contributed by atoms with Gasteiger partial charge in [0, 0.05) is 18.4 Å². The van der Waals surface area contributed by atoms with Crippen LogP contribution in [-0.2, 0) is 11.8 Å². The molecule has 0 aliphatic rings. The van der Waals surface area contributed by atoms with Gasteiger partial charge in [0.15, 0.2) is 5.16 Å². The number of nitrogens with zero attached hydrogens (tertiary/aromatic N) is 2.